The molecule has 0 bridgehead atoms. The van der Waals surface area contributed by atoms with E-state index in [4.69, 9.17) is 16.3 Å². The van der Waals surface area contributed by atoms with Gasteiger partial charge in [0, 0.05) is 18.1 Å². The van der Waals surface area contributed by atoms with Crippen LogP contribution in [0.3, 0.4) is 0 Å². The van der Waals surface area contributed by atoms with E-state index in [-0.39, 0.29) is 0 Å². The van der Waals surface area contributed by atoms with E-state index in [0.29, 0.717) is 37.0 Å². The van der Waals surface area contributed by atoms with Crippen LogP contribution >= 0.6 is 11.6 Å². The largest absolute Gasteiger partial charge is 0.378 e. The van der Waals surface area contributed by atoms with Crippen LogP contribution in [0, 0.1) is 0 Å². The van der Waals surface area contributed by atoms with Gasteiger partial charge in [-0.05, 0) is 29.8 Å². The van der Waals surface area contributed by atoms with Crippen molar-refractivity contribution >= 4 is 39.1 Å². The molecule has 0 aliphatic carbocycles. The molecular formula is C18H19ClN2O3S. The first-order valence-electron chi connectivity index (χ1n) is 7.92. The zero-order valence-corrected chi connectivity index (χ0v) is 15.1. The van der Waals surface area contributed by atoms with Gasteiger partial charge in [0.1, 0.15) is 0 Å². The van der Waals surface area contributed by atoms with E-state index in [2.05, 4.69) is 9.62 Å². The summed E-state index contributed by atoms with van der Waals surface area (Å²) in [5, 5.41) is 1.63. The molecule has 0 saturated carbocycles. The number of halogens is 1. The molecule has 3 rings (SSSR count). The first-order valence-corrected chi connectivity index (χ1v) is 9.84. The van der Waals surface area contributed by atoms with Gasteiger partial charge in [0.15, 0.2) is 0 Å². The Morgan fingerprint density at radius 3 is 2.52 bits per heavy atom. The highest BCUT2D eigenvalue weighted by atomic mass is 35.5. The van der Waals surface area contributed by atoms with Gasteiger partial charge < -0.3 is 9.64 Å². The second kappa shape index (κ2) is 7.91. The fourth-order valence-electron chi connectivity index (χ4n) is 2.59. The van der Waals surface area contributed by atoms with Crippen LogP contribution in [0.4, 0.5) is 11.4 Å². The standard InChI is InChI=1S/C18H19ClN2O3S/c19-16-6-7-18(21-9-11-24-12-10-21)17(14-16)20-25(22,23)13-8-15-4-2-1-3-5-15/h1-8,13-14,20H,9-12H2. The summed E-state index contributed by atoms with van der Waals surface area (Å²) in [5.41, 5.74) is 2.07. The van der Waals surface area contributed by atoms with Crippen LogP contribution in [0.25, 0.3) is 6.08 Å². The van der Waals surface area contributed by atoms with Gasteiger partial charge in [-0.15, -0.1) is 0 Å². The number of benzene rings is 2. The summed E-state index contributed by atoms with van der Waals surface area (Å²) >= 11 is 6.06. The van der Waals surface area contributed by atoms with Crippen molar-refractivity contribution in [3.63, 3.8) is 0 Å². The minimum atomic E-state index is -3.66. The summed E-state index contributed by atoms with van der Waals surface area (Å²) in [7, 11) is -3.66. The summed E-state index contributed by atoms with van der Waals surface area (Å²) < 4.78 is 32.8. The van der Waals surface area contributed by atoms with Crippen molar-refractivity contribution in [1.82, 2.24) is 0 Å². The zero-order valence-electron chi connectivity index (χ0n) is 13.6. The Morgan fingerprint density at radius 2 is 1.80 bits per heavy atom. The van der Waals surface area contributed by atoms with E-state index < -0.39 is 10.0 Å². The van der Waals surface area contributed by atoms with Crippen molar-refractivity contribution in [2.75, 3.05) is 35.9 Å². The molecule has 0 unspecified atom stereocenters. The topological polar surface area (TPSA) is 58.6 Å². The van der Waals surface area contributed by atoms with E-state index >= 15 is 0 Å². The number of morpholine rings is 1. The molecule has 1 fully saturated rings. The maximum atomic E-state index is 12.4. The number of hydrogen-bond donors (Lipinski definition) is 1. The molecule has 25 heavy (non-hydrogen) atoms. The third-order valence-corrected chi connectivity index (χ3v) is 5.04. The average molecular weight is 379 g/mol. The molecule has 1 saturated heterocycles. The molecule has 0 spiro atoms. The summed E-state index contributed by atoms with van der Waals surface area (Å²) in [4.78, 5) is 2.08. The van der Waals surface area contributed by atoms with E-state index in [1.54, 1.807) is 18.2 Å². The molecule has 7 heteroatoms. The van der Waals surface area contributed by atoms with E-state index in [9.17, 15) is 8.42 Å². The summed E-state index contributed by atoms with van der Waals surface area (Å²) in [5.74, 6) is 0. The lowest BCUT2D eigenvalue weighted by Crippen LogP contribution is -2.36. The quantitative estimate of drug-likeness (QED) is 0.863. The smallest absolute Gasteiger partial charge is 0.255 e. The molecule has 0 amide bonds. The second-order valence-electron chi connectivity index (χ2n) is 5.62. The zero-order chi connectivity index (χ0) is 17.7. The van der Waals surface area contributed by atoms with Crippen molar-refractivity contribution < 1.29 is 13.2 Å². The fourth-order valence-corrected chi connectivity index (χ4v) is 3.64. The third-order valence-electron chi connectivity index (χ3n) is 3.80. The van der Waals surface area contributed by atoms with E-state index in [1.165, 1.54) is 0 Å². The summed E-state index contributed by atoms with van der Waals surface area (Å²) in [6.45, 7) is 2.64. The molecule has 0 aromatic heterocycles. The lowest BCUT2D eigenvalue weighted by atomic mass is 10.2. The number of sulfonamides is 1. The van der Waals surface area contributed by atoms with Crippen LogP contribution in [0.2, 0.25) is 5.02 Å². The van der Waals surface area contributed by atoms with Gasteiger partial charge in [-0.3, -0.25) is 4.72 Å². The van der Waals surface area contributed by atoms with Crippen LogP contribution in [0.1, 0.15) is 5.56 Å². The summed E-state index contributed by atoms with van der Waals surface area (Å²) in [6, 6.07) is 14.5. The predicted molar refractivity (Wildman–Crippen MR) is 103 cm³/mol. The highest BCUT2D eigenvalue weighted by Gasteiger charge is 2.17. The number of nitrogens with zero attached hydrogens (tertiary/aromatic N) is 1. The minimum Gasteiger partial charge on any atom is -0.378 e. The minimum absolute atomic E-state index is 0.465. The van der Waals surface area contributed by atoms with Gasteiger partial charge in [-0.2, -0.15) is 0 Å². The van der Waals surface area contributed by atoms with Crippen LogP contribution in [-0.2, 0) is 14.8 Å². The van der Waals surface area contributed by atoms with Gasteiger partial charge in [0.05, 0.1) is 30.0 Å². The molecular weight excluding hydrogens is 360 g/mol. The molecule has 5 nitrogen and oxygen atoms in total. The molecule has 132 valence electrons. The number of rotatable bonds is 5. The Hall–Kier alpha value is -2.02. The Labute approximate surface area is 152 Å². The highest BCUT2D eigenvalue weighted by molar-refractivity contribution is 7.95. The van der Waals surface area contributed by atoms with Crippen molar-refractivity contribution in [2.45, 2.75) is 0 Å². The van der Waals surface area contributed by atoms with Crippen molar-refractivity contribution in [3.8, 4) is 0 Å². The van der Waals surface area contributed by atoms with Crippen molar-refractivity contribution in [3.05, 3.63) is 64.5 Å². The number of ether oxygens (including phenoxy) is 1. The number of nitrogens with one attached hydrogen (secondary N) is 1. The van der Waals surface area contributed by atoms with Crippen molar-refractivity contribution in [2.24, 2.45) is 0 Å². The van der Waals surface area contributed by atoms with Gasteiger partial charge >= 0.3 is 0 Å². The van der Waals surface area contributed by atoms with Gasteiger partial charge in [-0.25, -0.2) is 8.42 Å². The van der Waals surface area contributed by atoms with Crippen LogP contribution in [0.5, 0.6) is 0 Å². The first kappa shape index (κ1) is 17.8. The lowest BCUT2D eigenvalue weighted by molar-refractivity contribution is 0.123. The normalized spacial score (nSPS) is 15.5. The van der Waals surface area contributed by atoms with Gasteiger partial charge in [0.2, 0.25) is 0 Å². The Bertz CT molecular complexity index is 848. The molecule has 0 radical (unpaired) electrons. The molecule has 0 atom stereocenters. The fraction of sp³-hybridized carbons (Fsp3) is 0.222. The second-order valence-corrected chi connectivity index (χ2v) is 7.62. The Balaban J connectivity index is 1.83. The SMILES string of the molecule is O=S(=O)(C=Cc1ccccc1)Nc1cc(Cl)ccc1N1CCOCC1. The van der Waals surface area contributed by atoms with E-state index in [1.807, 2.05) is 36.4 Å². The van der Waals surface area contributed by atoms with Crippen LogP contribution in [0.15, 0.2) is 53.9 Å². The number of anilines is 2. The Morgan fingerprint density at radius 1 is 1.08 bits per heavy atom. The third kappa shape index (κ3) is 4.98. The molecule has 2 aromatic carbocycles. The molecule has 1 heterocycles. The van der Waals surface area contributed by atoms with Crippen molar-refractivity contribution in [1.29, 1.82) is 0 Å². The number of hydrogen-bond acceptors (Lipinski definition) is 4. The van der Waals surface area contributed by atoms with Crippen LogP contribution < -0.4 is 9.62 Å². The predicted octanol–water partition coefficient (Wildman–Crippen LogP) is 3.59. The average Bonchev–Trinajstić information content (AvgIpc) is 2.62. The maximum Gasteiger partial charge on any atom is 0.255 e. The Kier molecular flexibility index (Phi) is 5.63. The van der Waals surface area contributed by atoms with E-state index in [0.717, 1.165) is 16.7 Å². The molecule has 1 aliphatic rings. The first-order chi connectivity index (χ1) is 12.0. The van der Waals surface area contributed by atoms with Crippen LogP contribution in [-0.4, -0.2) is 34.7 Å². The van der Waals surface area contributed by atoms with Gasteiger partial charge in [0.25, 0.3) is 10.0 Å². The highest BCUT2D eigenvalue weighted by Crippen LogP contribution is 2.30. The van der Waals surface area contributed by atoms with Gasteiger partial charge in [-0.1, -0.05) is 41.9 Å². The molecule has 1 aliphatic heterocycles. The lowest BCUT2D eigenvalue weighted by Gasteiger charge is -2.30. The molecule has 1 N–H and O–H groups in total. The maximum absolute atomic E-state index is 12.4. The molecule has 2 aromatic rings. The monoisotopic (exact) mass is 378 g/mol. The summed E-state index contributed by atoms with van der Waals surface area (Å²) in [6.07, 6.45) is 1.56.